The Morgan fingerprint density at radius 1 is 1.07 bits per heavy atom. The summed E-state index contributed by atoms with van der Waals surface area (Å²) < 4.78 is 7.86. The summed E-state index contributed by atoms with van der Waals surface area (Å²) in [6, 6.07) is 15.8. The van der Waals surface area contributed by atoms with Crippen LogP contribution >= 0.6 is 0 Å². The normalized spacial score (nSPS) is 16.0. The first kappa shape index (κ1) is 18.6. The van der Waals surface area contributed by atoms with Gasteiger partial charge in [0.25, 0.3) is 5.91 Å². The second-order valence-electron chi connectivity index (χ2n) is 7.48. The molecule has 1 aromatic carbocycles. The highest BCUT2D eigenvalue weighted by atomic mass is 16.4. The van der Waals surface area contributed by atoms with Crippen LogP contribution in [-0.4, -0.2) is 28.5 Å². The quantitative estimate of drug-likeness (QED) is 0.686. The maximum absolute atomic E-state index is 12.6. The molecule has 0 saturated carbocycles. The summed E-state index contributed by atoms with van der Waals surface area (Å²) in [4.78, 5) is 15.0. The van der Waals surface area contributed by atoms with E-state index in [1.54, 1.807) is 6.07 Å². The Morgan fingerprint density at radius 2 is 1.86 bits per heavy atom. The molecule has 5 nitrogen and oxygen atoms in total. The van der Waals surface area contributed by atoms with Gasteiger partial charge in [0, 0.05) is 18.1 Å². The maximum Gasteiger partial charge on any atom is 0.287 e. The summed E-state index contributed by atoms with van der Waals surface area (Å²) in [5.74, 6) is 1.05. The molecule has 1 N–H and O–H groups in total. The number of nitrogens with zero attached hydrogens (tertiary/aromatic N) is 2. The number of aromatic nitrogens is 1. The van der Waals surface area contributed by atoms with Crippen molar-refractivity contribution in [2.75, 3.05) is 13.1 Å². The van der Waals surface area contributed by atoms with Crippen molar-refractivity contribution < 1.29 is 9.21 Å². The van der Waals surface area contributed by atoms with Crippen LogP contribution in [0.4, 0.5) is 0 Å². The van der Waals surface area contributed by atoms with E-state index < -0.39 is 0 Å². The highest BCUT2D eigenvalue weighted by Crippen LogP contribution is 2.19. The molecule has 1 aliphatic heterocycles. The van der Waals surface area contributed by atoms with Crippen molar-refractivity contribution in [1.82, 2.24) is 14.8 Å². The Balaban J connectivity index is 1.39. The van der Waals surface area contributed by atoms with Gasteiger partial charge in [-0.05, 0) is 74.8 Å². The van der Waals surface area contributed by atoms with Gasteiger partial charge in [0.05, 0.1) is 12.6 Å². The molecule has 4 rings (SSSR count). The van der Waals surface area contributed by atoms with Crippen LogP contribution in [0.3, 0.4) is 0 Å². The summed E-state index contributed by atoms with van der Waals surface area (Å²) in [5, 5.41) is 3.05. The zero-order chi connectivity index (χ0) is 19.3. The molecule has 1 unspecified atom stereocenters. The van der Waals surface area contributed by atoms with Crippen molar-refractivity contribution in [3.8, 4) is 5.69 Å². The van der Waals surface area contributed by atoms with Crippen molar-refractivity contribution in [1.29, 1.82) is 0 Å². The van der Waals surface area contributed by atoms with E-state index in [-0.39, 0.29) is 11.9 Å². The predicted octanol–water partition coefficient (Wildman–Crippen LogP) is 4.55. The van der Waals surface area contributed by atoms with Gasteiger partial charge >= 0.3 is 0 Å². The number of likely N-dealkylation sites (tertiary alicyclic amines) is 1. The van der Waals surface area contributed by atoms with E-state index in [4.69, 9.17) is 4.42 Å². The standard InChI is InChI=1S/C23H27N3O2/c1-18(19-8-7-9-20(16-19)26-14-5-6-15-26)24-23(27)22-11-10-21(28-22)17-25-12-3-2-4-13-25/h5-11,14-16,18H,2-4,12-13,17H2,1H3,(H,24,27). The zero-order valence-corrected chi connectivity index (χ0v) is 16.3. The lowest BCUT2D eigenvalue weighted by atomic mass is 10.1. The third-order valence-corrected chi connectivity index (χ3v) is 5.33. The molecule has 146 valence electrons. The largest absolute Gasteiger partial charge is 0.455 e. The number of carbonyl (C=O) groups is 1. The number of benzene rings is 1. The van der Waals surface area contributed by atoms with Crippen molar-refractivity contribution in [3.05, 3.63) is 78.0 Å². The van der Waals surface area contributed by atoms with E-state index >= 15 is 0 Å². The average molecular weight is 377 g/mol. The topological polar surface area (TPSA) is 50.4 Å². The number of furan rings is 1. The van der Waals surface area contributed by atoms with Crippen LogP contribution in [0.15, 0.2) is 65.3 Å². The minimum atomic E-state index is -0.177. The van der Waals surface area contributed by atoms with Crippen molar-refractivity contribution in [2.45, 2.75) is 38.8 Å². The molecule has 5 heteroatoms. The Kier molecular flexibility index (Phi) is 5.63. The Morgan fingerprint density at radius 3 is 2.64 bits per heavy atom. The number of amides is 1. The Bertz CT molecular complexity index is 908. The molecule has 3 heterocycles. The van der Waals surface area contributed by atoms with E-state index in [9.17, 15) is 4.79 Å². The van der Waals surface area contributed by atoms with Gasteiger partial charge in [-0.3, -0.25) is 9.69 Å². The monoisotopic (exact) mass is 377 g/mol. The SMILES string of the molecule is CC(NC(=O)c1ccc(CN2CCCCC2)o1)c1cccc(-n2cccc2)c1. The Hall–Kier alpha value is -2.79. The van der Waals surface area contributed by atoms with E-state index in [0.717, 1.165) is 36.6 Å². The molecule has 1 fully saturated rings. The summed E-state index contributed by atoms with van der Waals surface area (Å²) in [5.41, 5.74) is 2.13. The van der Waals surface area contributed by atoms with Crippen molar-refractivity contribution in [2.24, 2.45) is 0 Å². The van der Waals surface area contributed by atoms with E-state index in [1.807, 2.05) is 49.6 Å². The third kappa shape index (κ3) is 4.37. The lowest BCUT2D eigenvalue weighted by Crippen LogP contribution is -2.29. The maximum atomic E-state index is 12.6. The van der Waals surface area contributed by atoms with Crippen LogP contribution in [-0.2, 0) is 6.54 Å². The van der Waals surface area contributed by atoms with Crippen molar-refractivity contribution >= 4 is 5.91 Å². The molecule has 0 radical (unpaired) electrons. The van der Waals surface area contributed by atoms with Crippen LogP contribution in [0.25, 0.3) is 5.69 Å². The van der Waals surface area contributed by atoms with Gasteiger partial charge in [0.15, 0.2) is 5.76 Å². The number of carbonyl (C=O) groups excluding carboxylic acids is 1. The summed E-state index contributed by atoms with van der Waals surface area (Å²) >= 11 is 0. The fourth-order valence-electron chi connectivity index (χ4n) is 3.74. The van der Waals surface area contributed by atoms with Gasteiger partial charge < -0.3 is 14.3 Å². The zero-order valence-electron chi connectivity index (χ0n) is 16.3. The molecule has 3 aromatic rings. The fourth-order valence-corrected chi connectivity index (χ4v) is 3.74. The summed E-state index contributed by atoms with van der Waals surface area (Å²) in [6.45, 7) is 4.99. The van der Waals surface area contributed by atoms with Crippen LogP contribution in [0.5, 0.6) is 0 Å². The van der Waals surface area contributed by atoms with Gasteiger partial charge in [0.1, 0.15) is 5.76 Å². The summed E-state index contributed by atoms with van der Waals surface area (Å²) in [6.07, 6.45) is 7.82. The van der Waals surface area contributed by atoms with E-state index in [1.165, 1.54) is 19.3 Å². The highest BCUT2D eigenvalue weighted by Gasteiger charge is 2.17. The first-order valence-corrected chi connectivity index (χ1v) is 10.0. The van der Waals surface area contributed by atoms with Gasteiger partial charge in [-0.1, -0.05) is 18.6 Å². The molecule has 1 atom stereocenters. The van der Waals surface area contributed by atoms with Gasteiger partial charge in [-0.2, -0.15) is 0 Å². The van der Waals surface area contributed by atoms with Gasteiger partial charge in [-0.25, -0.2) is 0 Å². The molecule has 0 aliphatic carbocycles. The molecular weight excluding hydrogens is 350 g/mol. The average Bonchev–Trinajstić information content (AvgIpc) is 3.41. The smallest absolute Gasteiger partial charge is 0.287 e. The lowest BCUT2D eigenvalue weighted by Gasteiger charge is -2.25. The minimum absolute atomic E-state index is 0.112. The molecule has 0 spiro atoms. The second kappa shape index (κ2) is 8.48. The fraction of sp³-hybridized carbons (Fsp3) is 0.348. The molecule has 0 bridgehead atoms. The van der Waals surface area contributed by atoms with E-state index in [0.29, 0.717) is 5.76 Å². The van der Waals surface area contributed by atoms with Crippen LogP contribution in [0.1, 0.15) is 54.1 Å². The number of nitrogens with one attached hydrogen (secondary N) is 1. The third-order valence-electron chi connectivity index (χ3n) is 5.33. The minimum Gasteiger partial charge on any atom is -0.455 e. The first-order chi connectivity index (χ1) is 13.7. The lowest BCUT2D eigenvalue weighted by molar-refractivity contribution is 0.0907. The van der Waals surface area contributed by atoms with Crippen molar-refractivity contribution in [3.63, 3.8) is 0 Å². The molecule has 28 heavy (non-hydrogen) atoms. The Labute approximate surface area is 166 Å². The predicted molar refractivity (Wildman–Crippen MR) is 109 cm³/mol. The number of hydrogen-bond acceptors (Lipinski definition) is 3. The first-order valence-electron chi connectivity index (χ1n) is 10.0. The van der Waals surface area contributed by atoms with E-state index in [2.05, 4.69) is 26.9 Å². The number of rotatable bonds is 6. The van der Waals surface area contributed by atoms with Crippen LogP contribution < -0.4 is 5.32 Å². The molecule has 1 saturated heterocycles. The number of piperidine rings is 1. The van der Waals surface area contributed by atoms with Crippen LogP contribution in [0, 0.1) is 0 Å². The van der Waals surface area contributed by atoms with Crippen LogP contribution in [0.2, 0.25) is 0 Å². The highest BCUT2D eigenvalue weighted by molar-refractivity contribution is 5.91. The molecular formula is C23H27N3O2. The summed E-state index contributed by atoms with van der Waals surface area (Å²) in [7, 11) is 0. The molecule has 1 aliphatic rings. The van der Waals surface area contributed by atoms with Gasteiger partial charge in [-0.15, -0.1) is 0 Å². The molecule has 2 aromatic heterocycles. The molecule has 1 amide bonds. The number of hydrogen-bond donors (Lipinski definition) is 1. The second-order valence-corrected chi connectivity index (χ2v) is 7.48. The van der Waals surface area contributed by atoms with Gasteiger partial charge in [0.2, 0.25) is 0 Å².